The highest BCUT2D eigenvalue weighted by Crippen LogP contribution is 2.20. The zero-order valence-electron chi connectivity index (χ0n) is 11.6. The van der Waals surface area contributed by atoms with E-state index < -0.39 is 9.84 Å². The summed E-state index contributed by atoms with van der Waals surface area (Å²) in [4.78, 5) is 14.0. The molecule has 5 nitrogen and oxygen atoms in total. The summed E-state index contributed by atoms with van der Waals surface area (Å²) in [5.41, 5.74) is 0. The number of carbonyl (C=O) groups excluding carboxylic acids is 1. The quantitative estimate of drug-likeness (QED) is 0.777. The second-order valence-corrected chi connectivity index (χ2v) is 7.30. The molecular weight excluding hydrogens is 252 g/mol. The molecular formula is C12H24N2O3S. The van der Waals surface area contributed by atoms with Crippen molar-refractivity contribution < 1.29 is 13.2 Å². The summed E-state index contributed by atoms with van der Waals surface area (Å²) in [7, 11) is -3.07. The molecule has 3 atom stereocenters. The largest absolute Gasteiger partial charge is 0.322 e. The Morgan fingerprint density at radius 3 is 2.44 bits per heavy atom. The van der Waals surface area contributed by atoms with E-state index >= 15 is 0 Å². The molecule has 0 aromatic rings. The van der Waals surface area contributed by atoms with Crippen LogP contribution in [0.15, 0.2) is 0 Å². The van der Waals surface area contributed by atoms with Crippen molar-refractivity contribution in [3.05, 3.63) is 0 Å². The summed E-state index contributed by atoms with van der Waals surface area (Å²) in [6.07, 6.45) is 3.71. The Morgan fingerprint density at radius 1 is 1.39 bits per heavy atom. The molecule has 0 aromatic carbocycles. The van der Waals surface area contributed by atoms with Gasteiger partial charge in [0.15, 0.2) is 0 Å². The molecule has 0 bridgehead atoms. The number of carbonyl (C=O) groups is 1. The van der Waals surface area contributed by atoms with Crippen LogP contribution < -0.4 is 5.32 Å². The summed E-state index contributed by atoms with van der Waals surface area (Å²) < 4.78 is 22.7. The molecule has 0 radical (unpaired) electrons. The van der Waals surface area contributed by atoms with E-state index in [2.05, 4.69) is 5.32 Å². The highest BCUT2D eigenvalue weighted by atomic mass is 32.2. The second-order valence-electron chi connectivity index (χ2n) is 5.12. The Hall–Kier alpha value is -0.620. The van der Waals surface area contributed by atoms with Crippen LogP contribution in [0.2, 0.25) is 0 Å². The predicted molar refractivity (Wildman–Crippen MR) is 71.9 cm³/mol. The van der Waals surface area contributed by atoms with Gasteiger partial charge in [-0.3, -0.25) is 10.1 Å². The van der Waals surface area contributed by atoms with Crippen LogP contribution in [-0.4, -0.2) is 49.5 Å². The topological polar surface area (TPSA) is 66.5 Å². The number of rotatable bonds is 6. The molecule has 1 saturated heterocycles. The highest BCUT2D eigenvalue weighted by molar-refractivity contribution is 7.90. The zero-order chi connectivity index (χ0) is 13.9. The van der Waals surface area contributed by atoms with Gasteiger partial charge in [-0.1, -0.05) is 20.3 Å². The minimum Gasteiger partial charge on any atom is -0.322 e. The second kappa shape index (κ2) is 6.02. The first-order chi connectivity index (χ1) is 8.30. The van der Waals surface area contributed by atoms with Crippen molar-refractivity contribution in [3.8, 4) is 0 Å². The van der Waals surface area contributed by atoms with Crippen LogP contribution in [-0.2, 0) is 14.6 Å². The van der Waals surface area contributed by atoms with E-state index in [-0.39, 0.29) is 29.9 Å². The van der Waals surface area contributed by atoms with Crippen molar-refractivity contribution in [2.24, 2.45) is 0 Å². The minimum absolute atomic E-state index is 0.0236. The lowest BCUT2D eigenvalue weighted by molar-refractivity contribution is -0.131. The number of nitrogens with zero attached hydrogens (tertiary/aromatic N) is 1. The van der Waals surface area contributed by atoms with Crippen LogP contribution in [0, 0.1) is 0 Å². The van der Waals surface area contributed by atoms with Crippen LogP contribution in [0.5, 0.6) is 0 Å². The summed E-state index contributed by atoms with van der Waals surface area (Å²) in [5, 5.41) is 3.29. The van der Waals surface area contributed by atoms with Gasteiger partial charge in [0.25, 0.3) is 0 Å². The molecule has 1 rings (SSSR count). The lowest BCUT2D eigenvalue weighted by atomic mass is 10.1. The molecule has 1 amide bonds. The first-order valence-electron chi connectivity index (χ1n) is 6.56. The van der Waals surface area contributed by atoms with Crippen LogP contribution in [0.1, 0.15) is 40.0 Å². The fraction of sp³-hybridized carbons (Fsp3) is 0.917. The van der Waals surface area contributed by atoms with E-state index in [1.54, 1.807) is 11.8 Å². The molecule has 1 heterocycles. The maximum absolute atomic E-state index is 12.3. The normalized spacial score (nSPS) is 26.7. The maximum Gasteiger partial charge on any atom is 0.241 e. The van der Waals surface area contributed by atoms with E-state index in [4.69, 9.17) is 0 Å². The van der Waals surface area contributed by atoms with Gasteiger partial charge in [0.1, 0.15) is 9.84 Å². The van der Waals surface area contributed by atoms with Crippen molar-refractivity contribution in [2.45, 2.75) is 58.3 Å². The summed E-state index contributed by atoms with van der Waals surface area (Å²) in [6, 6.07) is -0.422. The molecule has 1 fully saturated rings. The van der Waals surface area contributed by atoms with Gasteiger partial charge in [0, 0.05) is 12.3 Å². The van der Waals surface area contributed by atoms with Crippen LogP contribution >= 0.6 is 0 Å². The van der Waals surface area contributed by atoms with E-state index in [0.29, 0.717) is 0 Å². The van der Waals surface area contributed by atoms with Crippen LogP contribution in [0.4, 0.5) is 0 Å². The molecule has 0 spiro atoms. The van der Waals surface area contributed by atoms with Gasteiger partial charge in [-0.2, -0.15) is 0 Å². The van der Waals surface area contributed by atoms with Gasteiger partial charge in [0.2, 0.25) is 5.91 Å². The van der Waals surface area contributed by atoms with Gasteiger partial charge in [-0.25, -0.2) is 8.42 Å². The maximum atomic E-state index is 12.3. The van der Waals surface area contributed by atoms with Gasteiger partial charge in [0.05, 0.1) is 18.0 Å². The average molecular weight is 276 g/mol. The number of nitrogens with one attached hydrogen (secondary N) is 1. The molecule has 3 unspecified atom stereocenters. The lowest BCUT2D eigenvalue weighted by Crippen LogP contribution is -2.45. The molecule has 0 saturated carbocycles. The molecule has 1 aliphatic rings. The smallest absolute Gasteiger partial charge is 0.241 e. The van der Waals surface area contributed by atoms with Crippen molar-refractivity contribution in [3.63, 3.8) is 0 Å². The average Bonchev–Trinajstić information content (AvgIpc) is 2.54. The fourth-order valence-corrected chi connectivity index (χ4v) is 3.61. The Labute approximate surface area is 110 Å². The van der Waals surface area contributed by atoms with Gasteiger partial charge >= 0.3 is 0 Å². The molecule has 1 N–H and O–H groups in total. The standard InChI is InChI=1S/C12H24N2O3S/c1-5-7-10-12(15)14(11(6-2)13-10)9(3)8-18(4,16)17/h9-11,13H,5-8H2,1-4H3. The van der Waals surface area contributed by atoms with Gasteiger partial charge < -0.3 is 4.90 Å². The van der Waals surface area contributed by atoms with Crippen LogP contribution in [0.25, 0.3) is 0 Å². The molecule has 106 valence electrons. The van der Waals surface area contributed by atoms with E-state index in [1.165, 1.54) is 6.26 Å². The van der Waals surface area contributed by atoms with Crippen molar-refractivity contribution in [1.82, 2.24) is 10.2 Å². The van der Waals surface area contributed by atoms with E-state index in [0.717, 1.165) is 19.3 Å². The van der Waals surface area contributed by atoms with Crippen molar-refractivity contribution in [1.29, 1.82) is 0 Å². The third-order valence-electron chi connectivity index (χ3n) is 3.26. The third-order valence-corrected chi connectivity index (χ3v) is 4.35. The highest BCUT2D eigenvalue weighted by Gasteiger charge is 2.40. The van der Waals surface area contributed by atoms with Crippen LogP contribution in [0.3, 0.4) is 0 Å². The van der Waals surface area contributed by atoms with E-state index in [9.17, 15) is 13.2 Å². The Kier molecular flexibility index (Phi) is 5.16. The number of amides is 1. The zero-order valence-corrected chi connectivity index (χ0v) is 12.5. The first-order valence-corrected chi connectivity index (χ1v) is 8.62. The molecule has 6 heteroatoms. The number of hydrogen-bond acceptors (Lipinski definition) is 4. The van der Waals surface area contributed by atoms with Gasteiger partial charge in [-0.05, 0) is 19.8 Å². The van der Waals surface area contributed by atoms with Crippen molar-refractivity contribution in [2.75, 3.05) is 12.0 Å². The minimum atomic E-state index is -3.07. The SMILES string of the molecule is CCCC1NC(CC)N(C(C)CS(C)(=O)=O)C1=O. The summed E-state index contributed by atoms with van der Waals surface area (Å²) in [6.45, 7) is 5.84. The Morgan fingerprint density at radius 2 is 2.00 bits per heavy atom. The third kappa shape index (κ3) is 3.68. The monoisotopic (exact) mass is 276 g/mol. The Balaban J connectivity index is 2.81. The number of hydrogen-bond donors (Lipinski definition) is 1. The number of sulfone groups is 1. The molecule has 1 aliphatic heterocycles. The molecule has 18 heavy (non-hydrogen) atoms. The summed E-state index contributed by atoms with van der Waals surface area (Å²) in [5.74, 6) is 0.0651. The molecule has 0 aliphatic carbocycles. The fourth-order valence-electron chi connectivity index (χ4n) is 2.57. The Bertz CT molecular complexity index is 394. The predicted octanol–water partition coefficient (Wildman–Crippen LogP) is 0.756. The van der Waals surface area contributed by atoms with E-state index in [1.807, 2.05) is 13.8 Å². The van der Waals surface area contributed by atoms with Crippen molar-refractivity contribution >= 4 is 15.7 Å². The summed E-state index contributed by atoms with van der Waals surface area (Å²) >= 11 is 0. The van der Waals surface area contributed by atoms with Gasteiger partial charge in [-0.15, -0.1) is 0 Å². The molecule has 0 aromatic heterocycles. The lowest BCUT2D eigenvalue weighted by Gasteiger charge is -2.29. The first kappa shape index (κ1) is 15.4.